The Morgan fingerprint density at radius 3 is 2.62 bits per heavy atom. The third kappa shape index (κ3) is 4.08. The van der Waals surface area contributed by atoms with Crippen LogP contribution in [0.3, 0.4) is 0 Å². The lowest BCUT2D eigenvalue weighted by Gasteiger charge is -2.14. The van der Waals surface area contributed by atoms with Gasteiger partial charge in [-0.3, -0.25) is 14.5 Å². The van der Waals surface area contributed by atoms with E-state index >= 15 is 0 Å². The Hall–Kier alpha value is -2.73. The quantitative estimate of drug-likeness (QED) is 0.768. The van der Waals surface area contributed by atoms with Crippen LogP contribution in [-0.4, -0.2) is 29.8 Å². The Labute approximate surface area is 157 Å². The maximum absolute atomic E-state index is 12.5. The van der Waals surface area contributed by atoms with Crippen LogP contribution in [-0.2, 0) is 11.2 Å². The third-order valence-corrected chi connectivity index (χ3v) is 4.98. The maximum Gasteiger partial charge on any atom is 0.295 e. The fourth-order valence-electron chi connectivity index (χ4n) is 2.55. The summed E-state index contributed by atoms with van der Waals surface area (Å²) in [7, 11) is 1.59. The second-order valence-corrected chi connectivity index (χ2v) is 6.76. The van der Waals surface area contributed by atoms with Gasteiger partial charge in [0, 0.05) is 5.69 Å². The van der Waals surface area contributed by atoms with Crippen molar-refractivity contribution in [2.75, 3.05) is 19.1 Å². The highest BCUT2D eigenvalue weighted by molar-refractivity contribution is 8.18. The first kappa shape index (κ1) is 18.1. The minimum atomic E-state index is -0.291. The van der Waals surface area contributed by atoms with Gasteiger partial charge >= 0.3 is 0 Å². The summed E-state index contributed by atoms with van der Waals surface area (Å²) in [4.78, 5) is 26.4. The number of methoxy groups -OCH3 is 1. The summed E-state index contributed by atoms with van der Waals surface area (Å²) in [6, 6.07) is 15.3. The highest BCUT2D eigenvalue weighted by Crippen LogP contribution is 2.32. The van der Waals surface area contributed by atoms with Crippen molar-refractivity contribution in [2.24, 2.45) is 0 Å². The van der Waals surface area contributed by atoms with E-state index in [1.165, 1.54) is 10.5 Å². The monoisotopic (exact) mass is 368 g/mol. The van der Waals surface area contributed by atoms with Gasteiger partial charge in [-0.1, -0.05) is 31.2 Å². The molecule has 5 nitrogen and oxygen atoms in total. The lowest BCUT2D eigenvalue weighted by atomic mass is 10.1. The SMILES string of the molecule is CCc1ccc(NCN2C(=O)SC(=Cc3cccc(OC)c3)C2=O)cc1. The Bertz CT molecular complexity index is 846. The normalized spacial score (nSPS) is 15.6. The van der Waals surface area contributed by atoms with Gasteiger partial charge in [-0.05, 0) is 59.7 Å². The second kappa shape index (κ2) is 8.10. The van der Waals surface area contributed by atoms with Crippen LogP contribution >= 0.6 is 11.8 Å². The highest BCUT2D eigenvalue weighted by Gasteiger charge is 2.34. The number of aryl methyl sites for hydroxylation is 1. The average Bonchev–Trinajstić information content (AvgIpc) is 2.93. The van der Waals surface area contributed by atoms with E-state index in [2.05, 4.69) is 12.2 Å². The van der Waals surface area contributed by atoms with Gasteiger partial charge in [0.05, 0.1) is 18.7 Å². The van der Waals surface area contributed by atoms with Crippen LogP contribution in [0.5, 0.6) is 5.75 Å². The molecular formula is C20H20N2O3S. The van der Waals surface area contributed by atoms with Crippen LogP contribution in [0.4, 0.5) is 10.5 Å². The number of thioether (sulfide) groups is 1. The minimum absolute atomic E-state index is 0.144. The van der Waals surface area contributed by atoms with Gasteiger partial charge in [-0.2, -0.15) is 0 Å². The van der Waals surface area contributed by atoms with Crippen molar-refractivity contribution >= 4 is 34.7 Å². The molecule has 0 bridgehead atoms. The first-order chi connectivity index (χ1) is 12.6. The van der Waals surface area contributed by atoms with Gasteiger partial charge in [0.1, 0.15) is 5.75 Å². The molecule has 0 atom stereocenters. The Morgan fingerprint density at radius 2 is 1.92 bits per heavy atom. The molecule has 2 aromatic rings. The third-order valence-electron chi connectivity index (χ3n) is 4.07. The van der Waals surface area contributed by atoms with E-state index in [0.29, 0.717) is 10.7 Å². The van der Waals surface area contributed by atoms with Crippen molar-refractivity contribution in [1.82, 2.24) is 4.90 Å². The van der Waals surface area contributed by atoms with E-state index in [-0.39, 0.29) is 17.8 Å². The molecule has 6 heteroatoms. The van der Waals surface area contributed by atoms with Crippen molar-refractivity contribution in [3.63, 3.8) is 0 Å². The number of nitrogens with zero attached hydrogens (tertiary/aromatic N) is 1. The number of hydrogen-bond donors (Lipinski definition) is 1. The number of imide groups is 1. The van der Waals surface area contributed by atoms with Crippen LogP contribution in [0.15, 0.2) is 53.4 Å². The second-order valence-electron chi connectivity index (χ2n) is 5.77. The maximum atomic E-state index is 12.5. The molecule has 0 radical (unpaired) electrons. The van der Waals surface area contributed by atoms with E-state index in [1.54, 1.807) is 13.2 Å². The van der Waals surface area contributed by atoms with E-state index in [0.717, 1.165) is 29.4 Å². The smallest absolute Gasteiger partial charge is 0.295 e. The molecule has 0 saturated carbocycles. The first-order valence-corrected chi connectivity index (χ1v) is 9.14. The van der Waals surface area contributed by atoms with Crippen LogP contribution in [0, 0.1) is 0 Å². The van der Waals surface area contributed by atoms with Gasteiger partial charge in [0.2, 0.25) is 0 Å². The number of benzene rings is 2. The molecule has 3 rings (SSSR count). The van der Waals surface area contributed by atoms with Crippen LogP contribution in [0.25, 0.3) is 6.08 Å². The molecule has 1 N–H and O–H groups in total. The van der Waals surface area contributed by atoms with Crippen molar-refractivity contribution in [2.45, 2.75) is 13.3 Å². The topological polar surface area (TPSA) is 58.6 Å². The summed E-state index contributed by atoms with van der Waals surface area (Å²) in [6.45, 7) is 2.24. The number of carbonyl (C=O) groups is 2. The Kier molecular flexibility index (Phi) is 5.63. The fourth-order valence-corrected chi connectivity index (χ4v) is 3.39. The average molecular weight is 368 g/mol. The van der Waals surface area contributed by atoms with Gasteiger partial charge in [0.25, 0.3) is 11.1 Å². The first-order valence-electron chi connectivity index (χ1n) is 8.33. The van der Waals surface area contributed by atoms with E-state index in [9.17, 15) is 9.59 Å². The fraction of sp³-hybridized carbons (Fsp3) is 0.200. The number of hydrogen-bond acceptors (Lipinski definition) is 5. The minimum Gasteiger partial charge on any atom is -0.497 e. The lowest BCUT2D eigenvalue weighted by molar-refractivity contribution is -0.122. The predicted molar refractivity (Wildman–Crippen MR) is 105 cm³/mol. The van der Waals surface area contributed by atoms with E-state index < -0.39 is 0 Å². The molecule has 1 fully saturated rings. The zero-order valence-electron chi connectivity index (χ0n) is 14.7. The number of rotatable bonds is 6. The van der Waals surface area contributed by atoms with E-state index in [4.69, 9.17) is 4.74 Å². The summed E-state index contributed by atoms with van der Waals surface area (Å²) >= 11 is 0.949. The number of ether oxygens (including phenoxy) is 1. The van der Waals surface area contributed by atoms with Gasteiger partial charge in [-0.25, -0.2) is 0 Å². The molecule has 1 aliphatic heterocycles. The summed E-state index contributed by atoms with van der Waals surface area (Å²) in [5, 5.41) is 2.85. The largest absolute Gasteiger partial charge is 0.497 e. The zero-order valence-corrected chi connectivity index (χ0v) is 15.5. The van der Waals surface area contributed by atoms with Crippen molar-refractivity contribution in [1.29, 1.82) is 0 Å². The predicted octanol–water partition coefficient (Wildman–Crippen LogP) is 4.36. The Morgan fingerprint density at radius 1 is 1.15 bits per heavy atom. The number of carbonyl (C=O) groups excluding carboxylic acids is 2. The lowest BCUT2D eigenvalue weighted by Crippen LogP contribution is -2.33. The van der Waals surface area contributed by atoms with Crippen molar-refractivity contribution in [3.8, 4) is 5.75 Å². The zero-order chi connectivity index (χ0) is 18.5. The van der Waals surface area contributed by atoms with Gasteiger partial charge < -0.3 is 10.1 Å². The van der Waals surface area contributed by atoms with Crippen molar-refractivity contribution in [3.05, 3.63) is 64.6 Å². The molecule has 134 valence electrons. The van der Waals surface area contributed by atoms with Gasteiger partial charge in [0.15, 0.2) is 0 Å². The van der Waals surface area contributed by atoms with Crippen molar-refractivity contribution < 1.29 is 14.3 Å². The van der Waals surface area contributed by atoms with Gasteiger partial charge in [-0.15, -0.1) is 0 Å². The molecule has 2 amide bonds. The molecule has 1 heterocycles. The molecule has 1 saturated heterocycles. The highest BCUT2D eigenvalue weighted by atomic mass is 32.2. The van der Waals surface area contributed by atoms with Crippen LogP contribution in [0.1, 0.15) is 18.1 Å². The van der Waals surface area contributed by atoms with E-state index in [1.807, 2.05) is 48.5 Å². The molecule has 1 aliphatic rings. The van der Waals surface area contributed by atoms with Crippen LogP contribution < -0.4 is 10.1 Å². The molecule has 0 aliphatic carbocycles. The number of nitrogens with one attached hydrogen (secondary N) is 1. The molecule has 0 unspecified atom stereocenters. The molecular weight excluding hydrogens is 348 g/mol. The standard InChI is InChI=1S/C20H20N2O3S/c1-3-14-7-9-16(10-8-14)21-13-22-19(23)18(26-20(22)24)12-15-5-4-6-17(11-15)25-2/h4-12,21H,3,13H2,1-2H3. The summed E-state index contributed by atoms with van der Waals surface area (Å²) < 4.78 is 5.18. The number of anilines is 1. The molecule has 26 heavy (non-hydrogen) atoms. The Balaban J connectivity index is 1.68. The summed E-state index contributed by atoms with van der Waals surface area (Å²) in [5.74, 6) is 0.413. The summed E-state index contributed by atoms with van der Waals surface area (Å²) in [6.07, 6.45) is 2.68. The van der Waals surface area contributed by atoms with Crippen LogP contribution in [0.2, 0.25) is 0 Å². The molecule has 0 aromatic heterocycles. The summed E-state index contributed by atoms with van der Waals surface area (Å²) in [5.41, 5.74) is 2.93. The molecule has 2 aromatic carbocycles. The molecule has 0 spiro atoms. The number of amides is 2.